The molecule has 1 fully saturated rings. The number of hydrogen-bond acceptors (Lipinski definition) is 4. The number of halogens is 1. The molecule has 1 aromatic carbocycles. The van der Waals surface area contributed by atoms with E-state index in [4.69, 9.17) is 0 Å². The Morgan fingerprint density at radius 3 is 2.42 bits per heavy atom. The zero-order chi connectivity index (χ0) is 16.9. The Morgan fingerprint density at radius 2 is 1.79 bits per heavy atom. The van der Waals surface area contributed by atoms with Gasteiger partial charge in [0, 0.05) is 30.0 Å². The van der Waals surface area contributed by atoms with Crippen LogP contribution in [0.2, 0.25) is 0 Å². The van der Waals surface area contributed by atoms with E-state index >= 15 is 0 Å². The van der Waals surface area contributed by atoms with Crippen molar-refractivity contribution in [2.75, 3.05) is 18.4 Å². The van der Waals surface area contributed by atoms with Gasteiger partial charge in [-0.25, -0.2) is 9.97 Å². The molecule has 1 aliphatic heterocycles. The molecule has 0 saturated carbocycles. The summed E-state index contributed by atoms with van der Waals surface area (Å²) in [6.45, 7) is 3.69. The molecule has 0 radical (unpaired) electrons. The van der Waals surface area contributed by atoms with E-state index in [1.807, 2.05) is 30.0 Å². The molecule has 1 amide bonds. The average molecular weight is 389 g/mol. The van der Waals surface area contributed by atoms with Crippen molar-refractivity contribution in [3.8, 4) is 0 Å². The van der Waals surface area contributed by atoms with E-state index in [1.54, 1.807) is 12.4 Å². The van der Waals surface area contributed by atoms with Crippen LogP contribution < -0.4 is 5.32 Å². The highest BCUT2D eigenvalue weighted by molar-refractivity contribution is 9.10. The van der Waals surface area contributed by atoms with Gasteiger partial charge >= 0.3 is 0 Å². The number of likely N-dealkylation sites (tertiary alicyclic amines) is 1. The highest BCUT2D eigenvalue weighted by Gasteiger charge is 2.18. The van der Waals surface area contributed by atoms with Gasteiger partial charge in [0.2, 0.25) is 5.95 Å². The molecule has 0 aliphatic carbocycles. The minimum Gasteiger partial charge on any atom is -0.339 e. The third-order valence-corrected chi connectivity index (χ3v) is 4.82. The first-order valence-corrected chi connectivity index (χ1v) is 9.07. The van der Waals surface area contributed by atoms with Crippen LogP contribution >= 0.6 is 15.9 Å². The molecule has 3 rings (SSSR count). The second-order valence-corrected chi connectivity index (χ2v) is 6.96. The number of anilines is 2. The van der Waals surface area contributed by atoms with Gasteiger partial charge in [0.25, 0.3) is 5.91 Å². The van der Waals surface area contributed by atoms with E-state index in [-0.39, 0.29) is 5.91 Å². The predicted octanol–water partition coefficient (Wildman–Crippen LogP) is 4.31. The molecule has 0 unspecified atom stereocenters. The Labute approximate surface area is 150 Å². The maximum Gasteiger partial charge on any atom is 0.256 e. The van der Waals surface area contributed by atoms with E-state index in [0.29, 0.717) is 11.5 Å². The molecule has 1 N–H and O–H groups in total. The Bertz CT molecular complexity index is 709. The van der Waals surface area contributed by atoms with E-state index in [0.717, 1.165) is 36.1 Å². The molecule has 0 spiro atoms. The number of hydrogen-bond donors (Lipinski definition) is 1. The fraction of sp³-hybridized carbons (Fsp3) is 0.389. The lowest BCUT2D eigenvalue weighted by Crippen LogP contribution is -2.32. The number of carbonyl (C=O) groups is 1. The first-order chi connectivity index (χ1) is 11.6. The van der Waals surface area contributed by atoms with Crippen molar-refractivity contribution in [3.63, 3.8) is 0 Å². The molecule has 0 bridgehead atoms. The zero-order valence-corrected chi connectivity index (χ0v) is 15.3. The first kappa shape index (κ1) is 16.9. The van der Waals surface area contributed by atoms with Crippen LogP contribution in [0.1, 0.15) is 41.6 Å². The van der Waals surface area contributed by atoms with E-state index < -0.39 is 0 Å². The Kier molecular flexibility index (Phi) is 5.45. The average Bonchev–Trinajstić information content (AvgIpc) is 2.87. The maximum atomic E-state index is 12.5. The Hall–Kier alpha value is -1.95. The van der Waals surface area contributed by atoms with Crippen molar-refractivity contribution in [3.05, 3.63) is 46.2 Å². The second kappa shape index (κ2) is 7.75. The highest BCUT2D eigenvalue weighted by Crippen LogP contribution is 2.25. The number of nitrogens with zero attached hydrogens (tertiary/aromatic N) is 3. The molecular formula is C18H21BrN4O. The summed E-state index contributed by atoms with van der Waals surface area (Å²) in [7, 11) is 0. The monoisotopic (exact) mass is 388 g/mol. The maximum absolute atomic E-state index is 12.5. The van der Waals surface area contributed by atoms with Gasteiger partial charge in [0.05, 0.1) is 11.3 Å². The van der Waals surface area contributed by atoms with E-state index in [2.05, 4.69) is 31.2 Å². The Balaban J connectivity index is 1.69. The smallest absolute Gasteiger partial charge is 0.256 e. The topological polar surface area (TPSA) is 58.1 Å². The van der Waals surface area contributed by atoms with Gasteiger partial charge < -0.3 is 10.2 Å². The number of benzene rings is 1. The number of amides is 1. The molecule has 1 aliphatic rings. The van der Waals surface area contributed by atoms with Gasteiger partial charge in [0.15, 0.2) is 0 Å². The second-order valence-electron chi connectivity index (χ2n) is 6.11. The van der Waals surface area contributed by atoms with Crippen LogP contribution in [-0.2, 0) is 0 Å². The standard InChI is InChI=1S/C18H21BrN4O/c1-13-6-7-16(15(19)10-13)22-18-20-11-14(12-21-18)17(24)23-8-4-2-3-5-9-23/h6-7,10-12H,2-5,8-9H2,1H3,(H,20,21,22). The third-order valence-electron chi connectivity index (χ3n) is 4.16. The van der Waals surface area contributed by atoms with Gasteiger partial charge in [-0.1, -0.05) is 18.9 Å². The molecule has 2 aromatic rings. The van der Waals surface area contributed by atoms with Crippen LogP contribution in [0, 0.1) is 6.92 Å². The summed E-state index contributed by atoms with van der Waals surface area (Å²) >= 11 is 3.52. The highest BCUT2D eigenvalue weighted by atomic mass is 79.9. The molecule has 24 heavy (non-hydrogen) atoms. The molecule has 5 nitrogen and oxygen atoms in total. The number of nitrogens with one attached hydrogen (secondary N) is 1. The number of aryl methyl sites for hydroxylation is 1. The summed E-state index contributed by atoms with van der Waals surface area (Å²) in [5.74, 6) is 0.506. The molecule has 2 heterocycles. The number of rotatable bonds is 3. The molecule has 0 atom stereocenters. The number of carbonyl (C=O) groups excluding carboxylic acids is 1. The molecule has 6 heteroatoms. The first-order valence-electron chi connectivity index (χ1n) is 8.28. The van der Waals surface area contributed by atoms with Gasteiger partial charge in [-0.05, 0) is 53.4 Å². The van der Waals surface area contributed by atoms with E-state index in [9.17, 15) is 4.79 Å². The van der Waals surface area contributed by atoms with Gasteiger partial charge in [-0.3, -0.25) is 4.79 Å². The summed E-state index contributed by atoms with van der Waals surface area (Å²) in [6, 6.07) is 6.02. The molecule has 126 valence electrons. The van der Waals surface area contributed by atoms with E-state index in [1.165, 1.54) is 18.4 Å². The summed E-state index contributed by atoms with van der Waals surface area (Å²) in [6.07, 6.45) is 7.76. The van der Waals surface area contributed by atoms with Gasteiger partial charge in [0.1, 0.15) is 0 Å². The summed E-state index contributed by atoms with van der Waals surface area (Å²) in [5, 5.41) is 3.16. The van der Waals surface area contributed by atoms with Crippen molar-refractivity contribution in [2.45, 2.75) is 32.6 Å². The lowest BCUT2D eigenvalue weighted by Gasteiger charge is -2.20. The van der Waals surface area contributed by atoms with Crippen molar-refractivity contribution in [1.29, 1.82) is 0 Å². The van der Waals surface area contributed by atoms with Gasteiger partial charge in [-0.15, -0.1) is 0 Å². The minimum absolute atomic E-state index is 0.0277. The van der Waals surface area contributed by atoms with Crippen molar-refractivity contribution in [1.82, 2.24) is 14.9 Å². The zero-order valence-electron chi connectivity index (χ0n) is 13.8. The van der Waals surface area contributed by atoms with Crippen LogP contribution in [0.5, 0.6) is 0 Å². The molecule has 1 saturated heterocycles. The predicted molar refractivity (Wildman–Crippen MR) is 98.6 cm³/mol. The molecule has 1 aromatic heterocycles. The van der Waals surface area contributed by atoms with Crippen LogP contribution in [0.4, 0.5) is 11.6 Å². The van der Waals surface area contributed by atoms with Crippen molar-refractivity contribution >= 4 is 33.5 Å². The summed E-state index contributed by atoms with van der Waals surface area (Å²) < 4.78 is 0.954. The van der Waals surface area contributed by atoms with Gasteiger partial charge in [-0.2, -0.15) is 0 Å². The largest absolute Gasteiger partial charge is 0.339 e. The van der Waals surface area contributed by atoms with Crippen LogP contribution in [0.15, 0.2) is 35.1 Å². The Morgan fingerprint density at radius 1 is 1.12 bits per heavy atom. The fourth-order valence-electron chi connectivity index (χ4n) is 2.80. The van der Waals surface area contributed by atoms with Crippen LogP contribution in [0.3, 0.4) is 0 Å². The minimum atomic E-state index is 0.0277. The summed E-state index contributed by atoms with van der Waals surface area (Å²) in [4.78, 5) is 23.0. The molecular weight excluding hydrogens is 368 g/mol. The van der Waals surface area contributed by atoms with Crippen LogP contribution in [-0.4, -0.2) is 33.9 Å². The third kappa shape index (κ3) is 4.12. The lowest BCUT2D eigenvalue weighted by molar-refractivity contribution is 0.0761. The quantitative estimate of drug-likeness (QED) is 0.850. The SMILES string of the molecule is Cc1ccc(Nc2ncc(C(=O)N3CCCCCC3)cn2)c(Br)c1. The fourth-order valence-corrected chi connectivity index (χ4v) is 3.39. The lowest BCUT2D eigenvalue weighted by atomic mass is 10.2. The summed E-state index contributed by atoms with van der Waals surface area (Å²) in [5.41, 5.74) is 2.62. The van der Waals surface area contributed by atoms with Crippen LogP contribution in [0.25, 0.3) is 0 Å². The number of aromatic nitrogens is 2. The van der Waals surface area contributed by atoms with Crippen molar-refractivity contribution < 1.29 is 4.79 Å². The van der Waals surface area contributed by atoms with Crippen molar-refractivity contribution in [2.24, 2.45) is 0 Å². The normalized spacial score (nSPS) is 15.0.